The van der Waals surface area contributed by atoms with Gasteiger partial charge in [0, 0.05) is 48.3 Å². The third-order valence-corrected chi connectivity index (χ3v) is 6.39. The predicted molar refractivity (Wildman–Crippen MR) is 113 cm³/mol. The Morgan fingerprint density at radius 3 is 2.86 bits per heavy atom. The fraction of sp³-hybridized carbons (Fsp3) is 0.278. The Morgan fingerprint density at radius 1 is 1.25 bits per heavy atom. The number of rotatable bonds is 4. The number of aromatic nitrogens is 6. The van der Waals surface area contributed by atoms with E-state index in [9.17, 15) is 0 Å². The highest BCUT2D eigenvalue weighted by molar-refractivity contribution is 9.10. The fourth-order valence-corrected chi connectivity index (χ4v) is 4.78. The van der Waals surface area contributed by atoms with Crippen LogP contribution in [0.15, 0.2) is 39.2 Å². The average Bonchev–Trinajstić information content (AvgIpc) is 3.00. The molecule has 4 aromatic heterocycles. The molecule has 3 N–H and O–H groups in total. The Kier molecular flexibility index (Phi) is 4.41. The van der Waals surface area contributed by atoms with E-state index in [1.54, 1.807) is 18.6 Å². The Balaban J connectivity index is 1.58. The van der Waals surface area contributed by atoms with Gasteiger partial charge in [0.15, 0.2) is 10.8 Å². The molecule has 1 fully saturated rings. The number of pyridine rings is 1. The van der Waals surface area contributed by atoms with Crippen LogP contribution in [0.4, 0.5) is 5.82 Å². The van der Waals surface area contributed by atoms with Crippen molar-refractivity contribution in [2.75, 3.05) is 18.0 Å². The number of nitrogens with two attached hydrogens (primary N) is 1. The molecular weight excluding hydrogens is 440 g/mol. The normalized spacial score (nSPS) is 14.8. The summed E-state index contributed by atoms with van der Waals surface area (Å²) >= 11 is 5.18. The summed E-state index contributed by atoms with van der Waals surface area (Å²) in [7, 11) is 0. The number of fused-ring (bicyclic) bond motifs is 2. The van der Waals surface area contributed by atoms with E-state index in [0.29, 0.717) is 10.8 Å². The summed E-state index contributed by atoms with van der Waals surface area (Å²) in [4.78, 5) is 29.0. The number of nitrogens with zero attached hydrogens (tertiary/aromatic N) is 6. The third kappa shape index (κ3) is 3.01. The van der Waals surface area contributed by atoms with Crippen molar-refractivity contribution in [3.63, 3.8) is 0 Å². The van der Waals surface area contributed by atoms with Crippen molar-refractivity contribution in [2.24, 2.45) is 5.73 Å². The second-order valence-corrected chi connectivity index (χ2v) is 8.50. The van der Waals surface area contributed by atoms with Gasteiger partial charge in [0.05, 0.1) is 9.86 Å². The highest BCUT2D eigenvalue weighted by Crippen LogP contribution is 2.38. The van der Waals surface area contributed by atoms with E-state index in [2.05, 4.69) is 47.7 Å². The average molecular weight is 457 g/mol. The van der Waals surface area contributed by atoms with Gasteiger partial charge >= 0.3 is 0 Å². The van der Waals surface area contributed by atoms with Gasteiger partial charge in [0.2, 0.25) is 0 Å². The van der Waals surface area contributed by atoms with E-state index < -0.39 is 0 Å². The third-order valence-electron chi connectivity index (χ3n) is 4.69. The molecule has 1 aliphatic heterocycles. The van der Waals surface area contributed by atoms with Crippen LogP contribution < -0.4 is 10.6 Å². The molecule has 0 saturated carbocycles. The highest BCUT2D eigenvalue weighted by Gasteiger charge is 2.28. The van der Waals surface area contributed by atoms with E-state index in [-0.39, 0.29) is 6.04 Å². The van der Waals surface area contributed by atoms with Gasteiger partial charge in [-0.05, 0) is 40.2 Å². The van der Waals surface area contributed by atoms with Crippen LogP contribution in [0.1, 0.15) is 12.6 Å². The lowest BCUT2D eigenvalue weighted by Crippen LogP contribution is -2.56. The first-order chi connectivity index (χ1) is 13.6. The maximum Gasteiger partial charge on any atom is 0.196 e. The molecule has 142 valence electrons. The summed E-state index contributed by atoms with van der Waals surface area (Å²) in [6.45, 7) is 3.70. The summed E-state index contributed by atoms with van der Waals surface area (Å²) in [5, 5.41) is 1.67. The molecule has 1 aliphatic rings. The van der Waals surface area contributed by atoms with E-state index in [0.717, 1.165) is 56.9 Å². The summed E-state index contributed by atoms with van der Waals surface area (Å²) in [5.41, 5.74) is 9.31. The first kappa shape index (κ1) is 17.8. The molecule has 0 spiro atoms. The minimum Gasteiger partial charge on any atom is -0.353 e. The zero-order chi connectivity index (χ0) is 19.3. The summed E-state index contributed by atoms with van der Waals surface area (Å²) in [6.07, 6.45) is 5.95. The van der Waals surface area contributed by atoms with Gasteiger partial charge in [-0.15, -0.1) is 0 Å². The van der Waals surface area contributed by atoms with Gasteiger partial charge in [0.25, 0.3) is 0 Å². The monoisotopic (exact) mass is 456 g/mol. The van der Waals surface area contributed by atoms with Crippen molar-refractivity contribution in [1.29, 1.82) is 0 Å². The van der Waals surface area contributed by atoms with Crippen LogP contribution in [0, 0.1) is 0 Å². The lowest BCUT2D eigenvalue weighted by Gasteiger charge is -2.38. The molecule has 5 rings (SSSR count). The van der Waals surface area contributed by atoms with E-state index in [4.69, 9.17) is 15.7 Å². The molecule has 10 heteroatoms. The van der Waals surface area contributed by atoms with Crippen molar-refractivity contribution in [3.8, 4) is 0 Å². The van der Waals surface area contributed by atoms with Gasteiger partial charge in [-0.3, -0.25) is 4.98 Å². The zero-order valence-electron chi connectivity index (χ0n) is 15.1. The molecule has 0 amide bonds. The van der Waals surface area contributed by atoms with E-state index in [1.807, 2.05) is 6.07 Å². The maximum absolute atomic E-state index is 6.00. The second kappa shape index (κ2) is 6.94. The Hall–Kier alpha value is -2.30. The molecule has 8 nitrogen and oxygen atoms in total. The Bertz CT molecular complexity index is 1190. The number of halogens is 1. The highest BCUT2D eigenvalue weighted by atomic mass is 79.9. The molecule has 0 aromatic carbocycles. The number of hydrogen-bond donors (Lipinski definition) is 2. The molecule has 0 aliphatic carbocycles. The number of hydrogen-bond acceptors (Lipinski definition) is 8. The van der Waals surface area contributed by atoms with Crippen molar-refractivity contribution >= 4 is 55.7 Å². The van der Waals surface area contributed by atoms with Gasteiger partial charge in [-0.2, -0.15) is 0 Å². The van der Waals surface area contributed by atoms with Crippen LogP contribution in [0.25, 0.3) is 22.2 Å². The molecule has 0 bridgehead atoms. The summed E-state index contributed by atoms with van der Waals surface area (Å²) in [5.74, 6) is 0.908. The predicted octanol–water partition coefficient (Wildman–Crippen LogP) is 2.92. The Labute approximate surface area is 173 Å². The zero-order valence-corrected chi connectivity index (χ0v) is 17.5. The van der Waals surface area contributed by atoms with Gasteiger partial charge in [0.1, 0.15) is 17.0 Å². The molecular formula is C18H17BrN8S. The van der Waals surface area contributed by atoms with Crippen molar-refractivity contribution < 1.29 is 0 Å². The standard InChI is InChI=1S/C18H17BrN8S/c1-2-11-14(19)13-16(24-11)25-18(26-17(13)27-7-9(20)8-27)28-10-5-12-15(23-6-10)22-4-3-21-12/h3-6,9H,2,7-8,20H2,1H3,(H,24,25,26). The quantitative estimate of drug-likeness (QED) is 0.451. The number of aryl methyl sites for hydroxylation is 1. The van der Waals surface area contributed by atoms with E-state index >= 15 is 0 Å². The number of aromatic amines is 1. The number of H-pyrrole nitrogens is 1. The fourth-order valence-electron chi connectivity index (χ4n) is 3.27. The lowest BCUT2D eigenvalue weighted by molar-refractivity contribution is 0.514. The molecule has 0 atom stereocenters. The molecule has 0 radical (unpaired) electrons. The Morgan fingerprint density at radius 2 is 2.07 bits per heavy atom. The molecule has 5 heterocycles. The molecule has 1 saturated heterocycles. The van der Waals surface area contributed by atoms with Gasteiger partial charge in [-0.25, -0.2) is 19.9 Å². The summed E-state index contributed by atoms with van der Waals surface area (Å²) in [6, 6.07) is 2.14. The van der Waals surface area contributed by atoms with Gasteiger partial charge < -0.3 is 15.6 Å². The smallest absolute Gasteiger partial charge is 0.196 e. The van der Waals surface area contributed by atoms with Crippen molar-refractivity contribution in [2.45, 2.75) is 29.4 Å². The van der Waals surface area contributed by atoms with Crippen LogP contribution in [-0.4, -0.2) is 49.0 Å². The van der Waals surface area contributed by atoms with Crippen molar-refractivity contribution in [1.82, 2.24) is 29.9 Å². The van der Waals surface area contributed by atoms with Crippen LogP contribution in [0.2, 0.25) is 0 Å². The van der Waals surface area contributed by atoms with Crippen molar-refractivity contribution in [3.05, 3.63) is 34.8 Å². The molecule has 4 aromatic rings. The topological polar surface area (TPSA) is 109 Å². The minimum absolute atomic E-state index is 0.188. The van der Waals surface area contributed by atoms with Crippen LogP contribution in [0.3, 0.4) is 0 Å². The first-order valence-electron chi connectivity index (χ1n) is 8.95. The van der Waals surface area contributed by atoms with E-state index in [1.165, 1.54) is 11.8 Å². The minimum atomic E-state index is 0.188. The first-order valence-corrected chi connectivity index (χ1v) is 10.6. The number of anilines is 1. The van der Waals surface area contributed by atoms with Crippen LogP contribution >= 0.6 is 27.7 Å². The maximum atomic E-state index is 6.00. The second-order valence-electron chi connectivity index (χ2n) is 6.66. The lowest BCUT2D eigenvalue weighted by atomic mass is 10.1. The van der Waals surface area contributed by atoms with Crippen LogP contribution in [0.5, 0.6) is 0 Å². The van der Waals surface area contributed by atoms with Gasteiger partial charge in [-0.1, -0.05) is 6.92 Å². The molecule has 0 unspecified atom stereocenters. The SMILES string of the molecule is CCc1[nH]c2nc(Sc3cnc4nccnc4c3)nc(N3CC(N)C3)c2c1Br. The molecule has 28 heavy (non-hydrogen) atoms. The largest absolute Gasteiger partial charge is 0.353 e. The van der Waals surface area contributed by atoms with Crippen LogP contribution in [-0.2, 0) is 6.42 Å². The number of nitrogens with one attached hydrogen (secondary N) is 1. The summed E-state index contributed by atoms with van der Waals surface area (Å²) < 4.78 is 1.03.